The molecule has 1 unspecified atom stereocenters. The van der Waals surface area contributed by atoms with E-state index in [1.54, 1.807) is 0 Å². The van der Waals surface area contributed by atoms with Gasteiger partial charge in [0.15, 0.2) is 0 Å². The van der Waals surface area contributed by atoms with E-state index in [9.17, 15) is 0 Å². The van der Waals surface area contributed by atoms with Gasteiger partial charge in [-0.3, -0.25) is 0 Å². The van der Waals surface area contributed by atoms with Gasteiger partial charge in [-0.05, 0) is 38.6 Å². The first-order valence-electron chi connectivity index (χ1n) is 5.70. The Bertz CT molecular complexity index is 155. The molecule has 0 aliphatic heterocycles. The molecular formula is C11H24N2O. The molecule has 1 saturated carbocycles. The van der Waals surface area contributed by atoms with Crippen molar-refractivity contribution in [3.63, 3.8) is 0 Å². The van der Waals surface area contributed by atoms with E-state index in [-0.39, 0.29) is 12.6 Å². The van der Waals surface area contributed by atoms with Crippen LogP contribution < -0.4 is 5.73 Å². The molecule has 0 aromatic rings. The minimum Gasteiger partial charge on any atom is -0.395 e. The Hall–Kier alpha value is -0.120. The van der Waals surface area contributed by atoms with Gasteiger partial charge in [-0.2, -0.15) is 0 Å². The maximum Gasteiger partial charge on any atom is 0.0595 e. The zero-order chi connectivity index (χ0) is 10.6. The lowest BCUT2D eigenvalue weighted by Crippen LogP contribution is -2.43. The third-order valence-electron chi connectivity index (χ3n) is 3.37. The molecular weight excluding hydrogens is 176 g/mol. The van der Waals surface area contributed by atoms with Crippen LogP contribution in [0.4, 0.5) is 0 Å². The van der Waals surface area contributed by atoms with Crippen LogP contribution in [0, 0.1) is 5.92 Å². The van der Waals surface area contributed by atoms with Gasteiger partial charge in [-0.15, -0.1) is 0 Å². The summed E-state index contributed by atoms with van der Waals surface area (Å²) in [5.41, 5.74) is 5.72. The van der Waals surface area contributed by atoms with E-state index in [0.717, 1.165) is 12.5 Å². The molecule has 3 N–H and O–H groups in total. The Kier molecular flexibility index (Phi) is 4.85. The van der Waals surface area contributed by atoms with E-state index >= 15 is 0 Å². The highest BCUT2D eigenvalue weighted by atomic mass is 16.3. The van der Waals surface area contributed by atoms with Gasteiger partial charge in [0.05, 0.1) is 6.61 Å². The zero-order valence-corrected chi connectivity index (χ0v) is 9.45. The molecule has 0 amide bonds. The van der Waals surface area contributed by atoms with Crippen LogP contribution in [0.3, 0.4) is 0 Å². The van der Waals surface area contributed by atoms with E-state index in [2.05, 4.69) is 18.9 Å². The number of rotatable bonds is 4. The molecule has 0 spiro atoms. The Labute approximate surface area is 87.3 Å². The summed E-state index contributed by atoms with van der Waals surface area (Å²) in [6, 6.07) is 0.600. The molecule has 1 rings (SSSR count). The molecule has 0 radical (unpaired) electrons. The van der Waals surface area contributed by atoms with Crippen LogP contribution in [0.1, 0.15) is 32.6 Å². The first-order valence-corrected chi connectivity index (χ1v) is 5.70. The fourth-order valence-corrected chi connectivity index (χ4v) is 2.26. The summed E-state index contributed by atoms with van der Waals surface area (Å²) in [6.45, 7) is 3.23. The number of aliphatic hydroxyl groups is 1. The highest BCUT2D eigenvalue weighted by Crippen LogP contribution is 2.26. The molecule has 0 saturated heterocycles. The van der Waals surface area contributed by atoms with Gasteiger partial charge >= 0.3 is 0 Å². The predicted molar refractivity (Wildman–Crippen MR) is 59.1 cm³/mol. The summed E-state index contributed by atoms with van der Waals surface area (Å²) in [7, 11) is 2.12. The van der Waals surface area contributed by atoms with Gasteiger partial charge in [0.2, 0.25) is 0 Å². The topological polar surface area (TPSA) is 49.5 Å². The minimum atomic E-state index is -0.0839. The van der Waals surface area contributed by atoms with E-state index in [4.69, 9.17) is 10.8 Å². The molecule has 0 bridgehead atoms. The van der Waals surface area contributed by atoms with Crippen molar-refractivity contribution in [2.24, 2.45) is 11.7 Å². The van der Waals surface area contributed by atoms with Crippen molar-refractivity contribution < 1.29 is 5.11 Å². The van der Waals surface area contributed by atoms with Gasteiger partial charge in [-0.1, -0.05) is 6.92 Å². The molecule has 84 valence electrons. The molecule has 1 aliphatic carbocycles. The Morgan fingerprint density at radius 1 is 1.36 bits per heavy atom. The largest absolute Gasteiger partial charge is 0.395 e. The lowest BCUT2D eigenvalue weighted by molar-refractivity contribution is 0.145. The van der Waals surface area contributed by atoms with Gasteiger partial charge in [0, 0.05) is 18.6 Å². The maximum atomic E-state index is 8.87. The van der Waals surface area contributed by atoms with Crippen molar-refractivity contribution in [3.8, 4) is 0 Å². The SMILES string of the molecule is CC1CCC(N(C)CC(N)CO)CC1. The third kappa shape index (κ3) is 3.56. The standard InChI is InChI=1S/C11H24N2O/c1-9-3-5-11(6-4-9)13(2)7-10(12)8-14/h9-11,14H,3-8,12H2,1-2H3. The number of aliphatic hydroxyl groups excluding tert-OH is 1. The third-order valence-corrected chi connectivity index (χ3v) is 3.37. The van der Waals surface area contributed by atoms with Crippen LogP contribution in [0.5, 0.6) is 0 Å². The van der Waals surface area contributed by atoms with E-state index in [1.165, 1.54) is 25.7 Å². The fourth-order valence-electron chi connectivity index (χ4n) is 2.26. The molecule has 0 aromatic carbocycles. The lowest BCUT2D eigenvalue weighted by atomic mass is 9.86. The fraction of sp³-hybridized carbons (Fsp3) is 1.00. The molecule has 0 heterocycles. The van der Waals surface area contributed by atoms with Crippen LogP contribution in [0.25, 0.3) is 0 Å². The van der Waals surface area contributed by atoms with E-state index < -0.39 is 0 Å². The summed E-state index contributed by atoms with van der Waals surface area (Å²) in [4.78, 5) is 2.31. The van der Waals surface area contributed by atoms with Crippen molar-refractivity contribution >= 4 is 0 Å². The first-order chi connectivity index (χ1) is 6.63. The van der Waals surface area contributed by atoms with Gasteiger partial charge in [0.25, 0.3) is 0 Å². The van der Waals surface area contributed by atoms with Crippen LogP contribution in [0.15, 0.2) is 0 Å². The highest BCUT2D eigenvalue weighted by Gasteiger charge is 2.22. The minimum absolute atomic E-state index is 0.0839. The molecule has 14 heavy (non-hydrogen) atoms. The second kappa shape index (κ2) is 5.69. The first kappa shape index (κ1) is 12.0. The van der Waals surface area contributed by atoms with Crippen LogP contribution >= 0.6 is 0 Å². The predicted octanol–water partition coefficient (Wildman–Crippen LogP) is 0.817. The second-order valence-corrected chi connectivity index (χ2v) is 4.80. The lowest BCUT2D eigenvalue weighted by Gasteiger charge is -2.34. The average molecular weight is 200 g/mol. The molecule has 3 nitrogen and oxygen atoms in total. The number of nitrogens with zero attached hydrogens (tertiary/aromatic N) is 1. The van der Waals surface area contributed by atoms with Crippen molar-refractivity contribution in [2.75, 3.05) is 20.2 Å². The smallest absolute Gasteiger partial charge is 0.0595 e. The molecule has 1 aliphatic rings. The number of likely N-dealkylation sites (N-methyl/N-ethyl adjacent to an activating group) is 1. The van der Waals surface area contributed by atoms with Crippen molar-refractivity contribution in [3.05, 3.63) is 0 Å². The van der Waals surface area contributed by atoms with Crippen molar-refractivity contribution in [2.45, 2.75) is 44.7 Å². The van der Waals surface area contributed by atoms with Crippen LogP contribution in [-0.4, -0.2) is 42.3 Å². The summed E-state index contributed by atoms with van der Waals surface area (Å²) in [6.07, 6.45) is 5.25. The maximum absolute atomic E-state index is 8.87. The normalized spacial score (nSPS) is 30.6. The van der Waals surface area contributed by atoms with Gasteiger partial charge < -0.3 is 15.7 Å². The quantitative estimate of drug-likeness (QED) is 0.706. The number of hydrogen-bond donors (Lipinski definition) is 2. The molecule has 3 heteroatoms. The van der Waals surface area contributed by atoms with E-state index in [1.807, 2.05) is 0 Å². The Balaban J connectivity index is 2.26. The monoisotopic (exact) mass is 200 g/mol. The van der Waals surface area contributed by atoms with Crippen LogP contribution in [0.2, 0.25) is 0 Å². The second-order valence-electron chi connectivity index (χ2n) is 4.80. The van der Waals surface area contributed by atoms with Crippen molar-refractivity contribution in [1.82, 2.24) is 4.90 Å². The Morgan fingerprint density at radius 3 is 2.43 bits per heavy atom. The summed E-state index contributed by atoms with van der Waals surface area (Å²) >= 11 is 0. The van der Waals surface area contributed by atoms with Crippen molar-refractivity contribution in [1.29, 1.82) is 0 Å². The zero-order valence-electron chi connectivity index (χ0n) is 9.45. The number of hydrogen-bond acceptors (Lipinski definition) is 3. The highest BCUT2D eigenvalue weighted by molar-refractivity contribution is 4.78. The van der Waals surface area contributed by atoms with Crippen LogP contribution in [-0.2, 0) is 0 Å². The average Bonchev–Trinajstić information content (AvgIpc) is 2.18. The van der Waals surface area contributed by atoms with E-state index in [0.29, 0.717) is 6.04 Å². The molecule has 1 atom stereocenters. The summed E-state index contributed by atoms with van der Waals surface area (Å²) in [5, 5.41) is 8.87. The van der Waals surface area contributed by atoms with Gasteiger partial charge in [0.1, 0.15) is 0 Å². The molecule has 0 aromatic heterocycles. The number of nitrogens with two attached hydrogens (primary N) is 1. The summed E-state index contributed by atoms with van der Waals surface area (Å²) in [5.74, 6) is 0.895. The van der Waals surface area contributed by atoms with Gasteiger partial charge in [-0.25, -0.2) is 0 Å². The molecule has 1 fully saturated rings. The Morgan fingerprint density at radius 2 is 1.93 bits per heavy atom. The summed E-state index contributed by atoms with van der Waals surface area (Å²) < 4.78 is 0.